The topological polar surface area (TPSA) is 38.3 Å². The molecule has 2 aromatic rings. The van der Waals surface area contributed by atoms with Crippen molar-refractivity contribution in [2.45, 2.75) is 13.2 Å². The van der Waals surface area contributed by atoms with E-state index in [0.717, 1.165) is 14.9 Å². The van der Waals surface area contributed by atoms with Crippen LogP contribution in [0.4, 0.5) is 0 Å². The smallest absolute Gasteiger partial charge is 0.252 e. The fourth-order valence-electron chi connectivity index (χ4n) is 1.73. The number of ether oxygens (including phenoxy) is 1. The van der Waals surface area contributed by atoms with Gasteiger partial charge in [-0.05, 0) is 33.1 Å². The maximum absolute atomic E-state index is 11.9. The molecule has 5 heteroatoms. The maximum Gasteiger partial charge on any atom is 0.252 e. The molecule has 0 saturated heterocycles. The molecule has 1 aromatic carbocycles. The monoisotopic (exact) mass is 339 g/mol. The summed E-state index contributed by atoms with van der Waals surface area (Å²) in [5.41, 5.74) is 2.85. The van der Waals surface area contributed by atoms with Crippen LogP contribution in [0.15, 0.2) is 39.5 Å². The molecule has 0 radical (unpaired) electrons. The molecule has 0 saturated carbocycles. The fourth-order valence-corrected chi connectivity index (χ4v) is 2.87. The maximum atomic E-state index is 11.9. The predicted octanol–water partition coefficient (Wildman–Crippen LogP) is 3.59. The van der Waals surface area contributed by atoms with E-state index >= 15 is 0 Å². The third-order valence-electron chi connectivity index (χ3n) is 2.69. The average molecular weight is 340 g/mol. The van der Waals surface area contributed by atoms with Crippen LogP contribution >= 0.6 is 27.3 Å². The summed E-state index contributed by atoms with van der Waals surface area (Å²) in [5, 5.41) is 4.75. The SMILES string of the molecule is COCc1ccccc1CNC(=O)c1csc(Br)c1. The van der Waals surface area contributed by atoms with Crippen LogP contribution in [0.2, 0.25) is 0 Å². The summed E-state index contributed by atoms with van der Waals surface area (Å²) in [6.45, 7) is 1.06. The molecule has 1 N–H and O–H groups in total. The normalized spacial score (nSPS) is 10.4. The lowest BCUT2D eigenvalue weighted by Gasteiger charge is -2.09. The standard InChI is InChI=1S/C14H14BrNO2S/c1-18-8-11-5-3-2-4-10(11)7-16-14(17)12-6-13(15)19-9-12/h2-6,9H,7-8H2,1H3,(H,16,17). The summed E-state index contributed by atoms with van der Waals surface area (Å²) < 4.78 is 6.10. The molecule has 1 heterocycles. The van der Waals surface area contributed by atoms with Gasteiger partial charge >= 0.3 is 0 Å². The van der Waals surface area contributed by atoms with Gasteiger partial charge < -0.3 is 10.1 Å². The first-order valence-electron chi connectivity index (χ1n) is 5.78. The van der Waals surface area contributed by atoms with Gasteiger partial charge in [-0.15, -0.1) is 11.3 Å². The van der Waals surface area contributed by atoms with Gasteiger partial charge in [0.1, 0.15) is 0 Å². The Morgan fingerprint density at radius 2 is 2.11 bits per heavy atom. The molecule has 2 rings (SSSR count). The summed E-state index contributed by atoms with van der Waals surface area (Å²) in [4.78, 5) is 11.9. The number of nitrogens with one attached hydrogen (secondary N) is 1. The van der Waals surface area contributed by atoms with Crippen molar-refractivity contribution in [2.75, 3.05) is 7.11 Å². The van der Waals surface area contributed by atoms with Gasteiger partial charge in [0.2, 0.25) is 0 Å². The predicted molar refractivity (Wildman–Crippen MR) is 80.3 cm³/mol. The molecule has 0 atom stereocenters. The van der Waals surface area contributed by atoms with E-state index in [-0.39, 0.29) is 5.91 Å². The Kier molecular flexibility index (Phi) is 5.13. The molecule has 1 aromatic heterocycles. The first kappa shape index (κ1) is 14.2. The van der Waals surface area contributed by atoms with E-state index in [9.17, 15) is 4.79 Å². The molecular weight excluding hydrogens is 326 g/mol. The van der Waals surface area contributed by atoms with Crippen molar-refractivity contribution in [1.82, 2.24) is 5.32 Å². The van der Waals surface area contributed by atoms with E-state index in [2.05, 4.69) is 21.2 Å². The van der Waals surface area contributed by atoms with Crippen molar-refractivity contribution in [3.63, 3.8) is 0 Å². The minimum absolute atomic E-state index is 0.0610. The Morgan fingerprint density at radius 1 is 1.37 bits per heavy atom. The van der Waals surface area contributed by atoms with Gasteiger partial charge in [-0.1, -0.05) is 24.3 Å². The van der Waals surface area contributed by atoms with Crippen molar-refractivity contribution in [1.29, 1.82) is 0 Å². The zero-order chi connectivity index (χ0) is 13.7. The van der Waals surface area contributed by atoms with Crippen LogP contribution in [0.5, 0.6) is 0 Å². The number of amides is 1. The summed E-state index contributed by atoms with van der Waals surface area (Å²) in [5.74, 6) is -0.0610. The van der Waals surface area contributed by atoms with Crippen LogP contribution < -0.4 is 5.32 Å². The molecular formula is C14H14BrNO2S. The number of thiophene rings is 1. The second kappa shape index (κ2) is 6.84. The van der Waals surface area contributed by atoms with E-state index in [1.165, 1.54) is 11.3 Å². The largest absolute Gasteiger partial charge is 0.380 e. The third kappa shape index (κ3) is 3.89. The summed E-state index contributed by atoms with van der Waals surface area (Å²) in [6, 6.07) is 9.75. The molecule has 100 valence electrons. The highest BCUT2D eigenvalue weighted by Crippen LogP contribution is 2.20. The van der Waals surface area contributed by atoms with E-state index in [0.29, 0.717) is 18.7 Å². The van der Waals surface area contributed by atoms with Crippen molar-refractivity contribution in [2.24, 2.45) is 0 Å². The number of hydrogen-bond acceptors (Lipinski definition) is 3. The molecule has 3 nitrogen and oxygen atoms in total. The number of carbonyl (C=O) groups excluding carboxylic acids is 1. The molecule has 0 spiro atoms. The van der Waals surface area contributed by atoms with Crippen LogP contribution in [0, 0.1) is 0 Å². The van der Waals surface area contributed by atoms with Crippen LogP contribution in [0.25, 0.3) is 0 Å². The first-order chi connectivity index (χ1) is 9.20. The fraction of sp³-hybridized carbons (Fsp3) is 0.214. The minimum Gasteiger partial charge on any atom is -0.380 e. The number of benzene rings is 1. The molecule has 0 fully saturated rings. The first-order valence-corrected chi connectivity index (χ1v) is 7.46. The zero-order valence-electron chi connectivity index (χ0n) is 10.5. The van der Waals surface area contributed by atoms with Gasteiger partial charge in [0.15, 0.2) is 0 Å². The van der Waals surface area contributed by atoms with Gasteiger partial charge in [0.25, 0.3) is 5.91 Å². The summed E-state index contributed by atoms with van der Waals surface area (Å²) in [6.07, 6.45) is 0. The average Bonchev–Trinajstić information content (AvgIpc) is 2.84. The van der Waals surface area contributed by atoms with Crippen molar-refractivity contribution in [3.8, 4) is 0 Å². The highest BCUT2D eigenvalue weighted by Gasteiger charge is 2.08. The Labute approximate surface area is 124 Å². The van der Waals surface area contributed by atoms with Gasteiger partial charge in [0.05, 0.1) is 16.0 Å². The van der Waals surface area contributed by atoms with E-state index in [1.807, 2.05) is 35.7 Å². The minimum atomic E-state index is -0.0610. The zero-order valence-corrected chi connectivity index (χ0v) is 12.9. The highest BCUT2D eigenvalue weighted by atomic mass is 79.9. The number of halogens is 1. The Bertz CT molecular complexity index is 568. The Hall–Kier alpha value is -1.17. The van der Waals surface area contributed by atoms with Crippen molar-refractivity contribution in [3.05, 3.63) is 56.2 Å². The van der Waals surface area contributed by atoms with Gasteiger partial charge in [-0.2, -0.15) is 0 Å². The third-order valence-corrected chi connectivity index (χ3v) is 4.19. The second-order valence-electron chi connectivity index (χ2n) is 4.02. The van der Waals surface area contributed by atoms with Crippen LogP contribution in [-0.2, 0) is 17.9 Å². The summed E-state index contributed by atoms with van der Waals surface area (Å²) >= 11 is 4.85. The van der Waals surface area contributed by atoms with Gasteiger partial charge in [0, 0.05) is 19.0 Å². The molecule has 0 aliphatic heterocycles. The number of carbonyl (C=O) groups is 1. The molecule has 19 heavy (non-hydrogen) atoms. The quantitative estimate of drug-likeness (QED) is 0.903. The molecule has 0 unspecified atom stereocenters. The van der Waals surface area contributed by atoms with E-state index < -0.39 is 0 Å². The number of rotatable bonds is 5. The lowest BCUT2D eigenvalue weighted by atomic mass is 10.1. The number of hydrogen-bond donors (Lipinski definition) is 1. The van der Waals surface area contributed by atoms with Gasteiger partial charge in [-0.3, -0.25) is 4.79 Å². The number of methoxy groups -OCH3 is 1. The molecule has 0 aliphatic carbocycles. The molecule has 0 aliphatic rings. The van der Waals surface area contributed by atoms with Crippen molar-refractivity contribution < 1.29 is 9.53 Å². The lowest BCUT2D eigenvalue weighted by Crippen LogP contribution is -2.22. The van der Waals surface area contributed by atoms with E-state index in [4.69, 9.17) is 4.74 Å². The Balaban J connectivity index is 2.00. The highest BCUT2D eigenvalue weighted by molar-refractivity contribution is 9.11. The van der Waals surface area contributed by atoms with Crippen LogP contribution in [0.3, 0.4) is 0 Å². The van der Waals surface area contributed by atoms with Crippen LogP contribution in [-0.4, -0.2) is 13.0 Å². The molecule has 1 amide bonds. The Morgan fingerprint density at radius 3 is 2.74 bits per heavy atom. The second-order valence-corrected chi connectivity index (χ2v) is 6.31. The van der Waals surface area contributed by atoms with E-state index in [1.54, 1.807) is 7.11 Å². The van der Waals surface area contributed by atoms with Crippen LogP contribution in [0.1, 0.15) is 21.5 Å². The van der Waals surface area contributed by atoms with Crippen molar-refractivity contribution >= 4 is 33.2 Å². The lowest BCUT2D eigenvalue weighted by molar-refractivity contribution is 0.0951. The molecule has 0 bridgehead atoms. The van der Waals surface area contributed by atoms with Gasteiger partial charge in [-0.25, -0.2) is 0 Å². The summed E-state index contributed by atoms with van der Waals surface area (Å²) in [7, 11) is 1.66.